The van der Waals surface area contributed by atoms with Gasteiger partial charge in [0, 0.05) is 13.0 Å². The highest BCUT2D eigenvalue weighted by atomic mass is 16.5. The van der Waals surface area contributed by atoms with Crippen LogP contribution in [-0.2, 0) is 4.79 Å². The number of nitriles is 1. The quantitative estimate of drug-likeness (QED) is 0.792. The molecule has 1 saturated carbocycles. The molecule has 2 atom stereocenters. The molecule has 0 radical (unpaired) electrons. The highest BCUT2D eigenvalue weighted by Gasteiger charge is 2.46. The van der Waals surface area contributed by atoms with Crippen LogP contribution < -0.4 is 14.4 Å². The van der Waals surface area contributed by atoms with Crippen LogP contribution in [0, 0.1) is 17.2 Å². The molecule has 2 unspecified atom stereocenters. The number of hydrogen-bond acceptors (Lipinski definition) is 5. The van der Waals surface area contributed by atoms with Crippen molar-refractivity contribution in [2.75, 3.05) is 25.7 Å². The number of amides is 1. The molecule has 0 spiro atoms. The summed E-state index contributed by atoms with van der Waals surface area (Å²) >= 11 is 0. The van der Waals surface area contributed by atoms with Gasteiger partial charge in [0.05, 0.1) is 18.4 Å². The van der Waals surface area contributed by atoms with Gasteiger partial charge in [0.2, 0.25) is 5.91 Å². The van der Waals surface area contributed by atoms with Crippen molar-refractivity contribution in [1.82, 2.24) is 0 Å². The van der Waals surface area contributed by atoms with Gasteiger partial charge >= 0.3 is 5.97 Å². The first-order valence-electron chi connectivity index (χ1n) is 8.75. The minimum absolute atomic E-state index is 0.0160. The van der Waals surface area contributed by atoms with Gasteiger partial charge in [-0.15, -0.1) is 0 Å². The van der Waals surface area contributed by atoms with E-state index in [4.69, 9.17) is 14.7 Å². The maximum Gasteiger partial charge on any atom is 0.337 e. The Morgan fingerprint density at radius 3 is 2.68 bits per heavy atom. The number of anilines is 1. The lowest BCUT2D eigenvalue weighted by Crippen LogP contribution is -2.29. The average Bonchev–Trinajstić information content (AvgIpc) is 3.51. The van der Waals surface area contributed by atoms with Gasteiger partial charge in [-0.3, -0.25) is 4.79 Å². The van der Waals surface area contributed by atoms with E-state index in [9.17, 15) is 14.7 Å². The zero-order valence-electron chi connectivity index (χ0n) is 15.6. The van der Waals surface area contributed by atoms with Crippen LogP contribution >= 0.6 is 0 Å². The van der Waals surface area contributed by atoms with E-state index in [1.54, 1.807) is 37.4 Å². The van der Waals surface area contributed by atoms with Gasteiger partial charge < -0.3 is 19.5 Å². The predicted octanol–water partition coefficient (Wildman–Crippen LogP) is 3.06. The molecular weight excluding hydrogens is 360 g/mol. The normalized spacial score (nSPS) is 17.3. The second-order valence-electron chi connectivity index (χ2n) is 6.53. The molecule has 0 heterocycles. The molecule has 0 bridgehead atoms. The van der Waals surface area contributed by atoms with Gasteiger partial charge in [-0.05, 0) is 42.2 Å². The van der Waals surface area contributed by atoms with Crippen molar-refractivity contribution in [2.45, 2.75) is 12.3 Å². The van der Waals surface area contributed by atoms with Gasteiger partial charge in [-0.1, -0.05) is 18.2 Å². The molecule has 28 heavy (non-hydrogen) atoms. The smallest absolute Gasteiger partial charge is 0.337 e. The molecular formula is C21H20N2O5. The molecule has 1 aliphatic carbocycles. The minimum Gasteiger partial charge on any atom is -0.493 e. The molecule has 0 aliphatic heterocycles. The first-order valence-corrected chi connectivity index (χ1v) is 8.75. The van der Waals surface area contributed by atoms with Gasteiger partial charge in [0.15, 0.2) is 18.1 Å². The van der Waals surface area contributed by atoms with Crippen LogP contribution in [-0.4, -0.2) is 37.7 Å². The first kappa shape index (κ1) is 19.2. The Kier molecular flexibility index (Phi) is 5.50. The van der Waals surface area contributed by atoms with E-state index >= 15 is 0 Å². The summed E-state index contributed by atoms with van der Waals surface area (Å²) in [7, 11) is 3.11. The van der Waals surface area contributed by atoms with E-state index in [0.717, 1.165) is 5.56 Å². The third-order valence-corrected chi connectivity index (χ3v) is 4.84. The second kappa shape index (κ2) is 8.01. The van der Waals surface area contributed by atoms with E-state index in [2.05, 4.69) is 0 Å². The Morgan fingerprint density at radius 1 is 1.25 bits per heavy atom. The van der Waals surface area contributed by atoms with Crippen LogP contribution in [0.5, 0.6) is 11.5 Å². The van der Waals surface area contributed by atoms with Crippen LogP contribution in [0.1, 0.15) is 28.3 Å². The summed E-state index contributed by atoms with van der Waals surface area (Å²) in [5.41, 5.74) is 1.39. The molecule has 1 fully saturated rings. The van der Waals surface area contributed by atoms with Crippen molar-refractivity contribution in [3.63, 3.8) is 0 Å². The van der Waals surface area contributed by atoms with Gasteiger partial charge in [0.1, 0.15) is 6.07 Å². The molecule has 0 saturated heterocycles. The average molecular weight is 380 g/mol. The van der Waals surface area contributed by atoms with Crippen molar-refractivity contribution < 1.29 is 24.2 Å². The lowest BCUT2D eigenvalue weighted by atomic mass is 10.1. The zero-order valence-corrected chi connectivity index (χ0v) is 15.6. The van der Waals surface area contributed by atoms with Crippen molar-refractivity contribution in [3.8, 4) is 17.6 Å². The molecule has 7 nitrogen and oxygen atoms in total. The molecule has 0 aromatic heterocycles. The number of rotatable bonds is 7. The highest BCUT2D eigenvalue weighted by molar-refractivity contribution is 6.03. The predicted molar refractivity (Wildman–Crippen MR) is 102 cm³/mol. The van der Waals surface area contributed by atoms with Gasteiger partial charge in [-0.25, -0.2) is 4.79 Å². The number of carboxylic acid groups (broad SMARTS) is 1. The Balaban J connectivity index is 1.77. The van der Waals surface area contributed by atoms with E-state index in [1.807, 2.05) is 12.1 Å². The zero-order chi connectivity index (χ0) is 20.3. The third-order valence-electron chi connectivity index (χ3n) is 4.84. The third kappa shape index (κ3) is 3.76. The number of para-hydroxylation sites is 1. The number of aromatic carboxylic acids is 1. The number of carbonyl (C=O) groups excluding carboxylic acids is 1. The Labute approximate surface area is 162 Å². The van der Waals surface area contributed by atoms with Gasteiger partial charge in [0.25, 0.3) is 0 Å². The largest absolute Gasteiger partial charge is 0.493 e. The van der Waals surface area contributed by atoms with E-state index in [0.29, 0.717) is 23.6 Å². The fourth-order valence-corrected chi connectivity index (χ4v) is 3.30. The van der Waals surface area contributed by atoms with Crippen LogP contribution in [0.2, 0.25) is 0 Å². The highest BCUT2D eigenvalue weighted by Crippen LogP contribution is 2.50. The summed E-state index contributed by atoms with van der Waals surface area (Å²) < 4.78 is 10.6. The molecule has 1 N–H and O–H groups in total. The van der Waals surface area contributed by atoms with Crippen LogP contribution in [0.3, 0.4) is 0 Å². The maximum atomic E-state index is 12.9. The van der Waals surface area contributed by atoms with E-state index in [1.165, 1.54) is 18.1 Å². The summed E-state index contributed by atoms with van der Waals surface area (Å²) in [6.07, 6.45) is 0.669. The number of carbonyl (C=O) groups is 2. The van der Waals surface area contributed by atoms with Crippen LogP contribution in [0.25, 0.3) is 0 Å². The fourth-order valence-electron chi connectivity index (χ4n) is 3.30. The van der Waals surface area contributed by atoms with Gasteiger partial charge in [-0.2, -0.15) is 5.26 Å². The molecule has 2 aromatic rings. The number of carboxylic acids is 1. The van der Waals surface area contributed by atoms with Crippen molar-refractivity contribution in [1.29, 1.82) is 5.26 Å². The molecule has 7 heteroatoms. The first-order chi connectivity index (χ1) is 13.5. The Hall–Kier alpha value is -3.53. The summed E-state index contributed by atoms with van der Waals surface area (Å²) in [4.78, 5) is 25.7. The van der Waals surface area contributed by atoms with Crippen LogP contribution in [0.15, 0.2) is 42.5 Å². The number of hydrogen-bond donors (Lipinski definition) is 1. The Bertz CT molecular complexity index is 950. The number of benzene rings is 2. The maximum absolute atomic E-state index is 12.9. The number of nitrogens with zero attached hydrogens (tertiary/aromatic N) is 2. The Morgan fingerprint density at radius 2 is 2.00 bits per heavy atom. The number of ether oxygens (including phenoxy) is 2. The SMILES string of the molecule is COc1ccc(C2CC2C(=O)N(C)c2ccccc2C(=O)O)cc1OCC#N. The fraction of sp³-hybridized carbons (Fsp3) is 0.286. The van der Waals surface area contributed by atoms with Crippen molar-refractivity contribution in [2.24, 2.45) is 5.92 Å². The molecule has 1 aliphatic rings. The monoisotopic (exact) mass is 380 g/mol. The van der Waals surface area contributed by atoms with Crippen LogP contribution in [0.4, 0.5) is 5.69 Å². The van der Waals surface area contributed by atoms with Crippen molar-refractivity contribution >= 4 is 17.6 Å². The van der Waals surface area contributed by atoms with Crippen molar-refractivity contribution in [3.05, 3.63) is 53.6 Å². The lowest BCUT2D eigenvalue weighted by Gasteiger charge is -2.19. The second-order valence-corrected chi connectivity index (χ2v) is 6.53. The topological polar surface area (TPSA) is 99.9 Å². The minimum atomic E-state index is -1.07. The summed E-state index contributed by atoms with van der Waals surface area (Å²) in [6, 6.07) is 13.8. The standard InChI is InChI=1S/C21H20N2O5/c1-23(17-6-4-3-5-14(17)21(25)26)20(24)16-12-15(16)13-7-8-18(27-2)19(11-13)28-10-9-22/h3-8,11,15-16H,10,12H2,1-2H3,(H,25,26). The van der Waals surface area contributed by atoms with E-state index in [-0.39, 0.29) is 29.9 Å². The summed E-state index contributed by atoms with van der Waals surface area (Å²) in [6.45, 7) is -0.0957. The molecule has 144 valence electrons. The lowest BCUT2D eigenvalue weighted by molar-refractivity contribution is -0.119. The summed E-state index contributed by atoms with van der Waals surface area (Å²) in [5.74, 6) is -0.434. The number of methoxy groups -OCH3 is 1. The molecule has 2 aromatic carbocycles. The molecule has 1 amide bonds. The molecule has 3 rings (SSSR count). The van der Waals surface area contributed by atoms with E-state index < -0.39 is 5.97 Å². The summed E-state index contributed by atoms with van der Waals surface area (Å²) in [5, 5.41) is 18.1.